The molecule has 11 heavy (non-hydrogen) atoms. The monoisotopic (exact) mass is 159 g/mol. The van der Waals surface area contributed by atoms with Gasteiger partial charge in [0, 0.05) is 38.8 Å². The molecule has 0 aromatic rings. The summed E-state index contributed by atoms with van der Waals surface area (Å²) in [6, 6.07) is 0.246. The van der Waals surface area contributed by atoms with E-state index in [0.29, 0.717) is 6.54 Å². The van der Waals surface area contributed by atoms with Crippen LogP contribution in [0.3, 0.4) is 0 Å². The van der Waals surface area contributed by atoms with E-state index in [2.05, 4.69) is 10.2 Å². The van der Waals surface area contributed by atoms with Gasteiger partial charge in [0.25, 0.3) is 0 Å². The lowest BCUT2D eigenvalue weighted by Gasteiger charge is -2.32. The quantitative estimate of drug-likeness (QED) is 0.455. The van der Waals surface area contributed by atoms with Gasteiger partial charge in [0.05, 0.1) is 6.61 Å². The van der Waals surface area contributed by atoms with E-state index in [4.69, 9.17) is 10.8 Å². The largest absolute Gasteiger partial charge is 0.395 e. The Morgan fingerprint density at radius 2 is 2.45 bits per heavy atom. The predicted molar refractivity (Wildman–Crippen MR) is 44.4 cm³/mol. The molecule has 0 aromatic heterocycles. The number of hydrogen-bond donors (Lipinski definition) is 3. The SMILES string of the molecule is NCCN1CCNC(CO)C1. The maximum atomic E-state index is 8.86. The van der Waals surface area contributed by atoms with E-state index in [1.165, 1.54) is 0 Å². The van der Waals surface area contributed by atoms with Crippen LogP contribution >= 0.6 is 0 Å². The molecule has 1 aliphatic rings. The maximum absolute atomic E-state index is 8.86. The number of piperazine rings is 1. The third kappa shape index (κ3) is 2.75. The van der Waals surface area contributed by atoms with Gasteiger partial charge >= 0.3 is 0 Å². The van der Waals surface area contributed by atoms with Crippen molar-refractivity contribution in [1.82, 2.24) is 10.2 Å². The third-order valence-corrected chi connectivity index (χ3v) is 2.01. The van der Waals surface area contributed by atoms with Gasteiger partial charge in [0.15, 0.2) is 0 Å². The molecule has 4 N–H and O–H groups in total. The highest BCUT2D eigenvalue weighted by atomic mass is 16.3. The van der Waals surface area contributed by atoms with Crippen molar-refractivity contribution in [2.24, 2.45) is 5.73 Å². The fraction of sp³-hybridized carbons (Fsp3) is 1.00. The Balaban J connectivity index is 2.21. The highest BCUT2D eigenvalue weighted by Gasteiger charge is 2.16. The Kier molecular flexibility index (Phi) is 3.79. The minimum absolute atomic E-state index is 0.223. The summed E-state index contributed by atoms with van der Waals surface area (Å²) in [6.07, 6.45) is 0. The van der Waals surface area contributed by atoms with Crippen molar-refractivity contribution in [2.75, 3.05) is 39.3 Å². The lowest BCUT2D eigenvalue weighted by Crippen LogP contribution is -2.53. The summed E-state index contributed by atoms with van der Waals surface area (Å²) < 4.78 is 0. The summed E-state index contributed by atoms with van der Waals surface area (Å²) in [4.78, 5) is 2.28. The molecule has 0 radical (unpaired) electrons. The molecule has 0 saturated carbocycles. The van der Waals surface area contributed by atoms with Crippen molar-refractivity contribution in [2.45, 2.75) is 6.04 Å². The Labute approximate surface area is 67.4 Å². The molecule has 1 heterocycles. The zero-order valence-electron chi connectivity index (χ0n) is 6.79. The van der Waals surface area contributed by atoms with Crippen LogP contribution in [0.25, 0.3) is 0 Å². The molecule has 4 heteroatoms. The smallest absolute Gasteiger partial charge is 0.0597 e. The van der Waals surface area contributed by atoms with Crippen molar-refractivity contribution in [3.63, 3.8) is 0 Å². The molecule has 1 unspecified atom stereocenters. The Hall–Kier alpha value is -0.160. The summed E-state index contributed by atoms with van der Waals surface area (Å²) in [5.74, 6) is 0. The molecule has 0 spiro atoms. The molecular formula is C7H17N3O. The highest BCUT2D eigenvalue weighted by Crippen LogP contribution is 1.96. The van der Waals surface area contributed by atoms with Crippen LogP contribution in [0, 0.1) is 0 Å². The van der Waals surface area contributed by atoms with Crippen LogP contribution < -0.4 is 11.1 Å². The topological polar surface area (TPSA) is 61.5 Å². The average molecular weight is 159 g/mol. The average Bonchev–Trinajstić information content (AvgIpc) is 2.06. The van der Waals surface area contributed by atoms with Crippen LogP contribution in [0.5, 0.6) is 0 Å². The number of nitrogens with zero attached hydrogens (tertiary/aromatic N) is 1. The van der Waals surface area contributed by atoms with E-state index in [9.17, 15) is 0 Å². The van der Waals surface area contributed by atoms with Crippen LogP contribution in [-0.2, 0) is 0 Å². The van der Waals surface area contributed by atoms with Crippen LogP contribution in [0.4, 0.5) is 0 Å². The lowest BCUT2D eigenvalue weighted by atomic mass is 10.2. The van der Waals surface area contributed by atoms with Crippen molar-refractivity contribution >= 4 is 0 Å². The highest BCUT2D eigenvalue weighted by molar-refractivity contribution is 4.77. The maximum Gasteiger partial charge on any atom is 0.0597 e. The molecule has 1 rings (SSSR count). The summed E-state index contributed by atoms with van der Waals surface area (Å²) in [5.41, 5.74) is 5.42. The van der Waals surface area contributed by atoms with E-state index in [-0.39, 0.29) is 12.6 Å². The summed E-state index contributed by atoms with van der Waals surface area (Å²) in [7, 11) is 0. The number of aliphatic hydroxyl groups is 1. The Morgan fingerprint density at radius 3 is 3.09 bits per heavy atom. The third-order valence-electron chi connectivity index (χ3n) is 2.01. The van der Waals surface area contributed by atoms with E-state index in [1.807, 2.05) is 0 Å². The second-order valence-electron chi connectivity index (χ2n) is 2.92. The van der Waals surface area contributed by atoms with E-state index >= 15 is 0 Å². The first-order chi connectivity index (χ1) is 5.36. The molecule has 4 nitrogen and oxygen atoms in total. The zero-order chi connectivity index (χ0) is 8.10. The first-order valence-electron chi connectivity index (χ1n) is 4.13. The number of hydrogen-bond acceptors (Lipinski definition) is 4. The van der Waals surface area contributed by atoms with Gasteiger partial charge < -0.3 is 16.2 Å². The first kappa shape index (κ1) is 8.93. The van der Waals surface area contributed by atoms with Crippen LogP contribution in [0.1, 0.15) is 0 Å². The molecule has 66 valence electrons. The fourth-order valence-electron chi connectivity index (χ4n) is 1.40. The molecule has 0 aliphatic carbocycles. The molecular weight excluding hydrogens is 142 g/mol. The van der Waals surface area contributed by atoms with Crippen molar-refractivity contribution in [3.8, 4) is 0 Å². The normalized spacial score (nSPS) is 27.3. The number of nitrogens with one attached hydrogen (secondary N) is 1. The van der Waals surface area contributed by atoms with Gasteiger partial charge in [-0.1, -0.05) is 0 Å². The van der Waals surface area contributed by atoms with Crippen molar-refractivity contribution in [1.29, 1.82) is 0 Å². The zero-order valence-corrected chi connectivity index (χ0v) is 6.79. The standard InChI is InChI=1S/C7H17N3O/c8-1-3-10-4-2-9-7(5-10)6-11/h7,9,11H,1-6,8H2. The first-order valence-corrected chi connectivity index (χ1v) is 4.13. The van der Waals surface area contributed by atoms with Crippen LogP contribution in [-0.4, -0.2) is 55.4 Å². The van der Waals surface area contributed by atoms with Crippen LogP contribution in [0.15, 0.2) is 0 Å². The Morgan fingerprint density at radius 1 is 1.64 bits per heavy atom. The van der Waals surface area contributed by atoms with Gasteiger partial charge in [0.1, 0.15) is 0 Å². The van der Waals surface area contributed by atoms with Gasteiger partial charge in [-0.05, 0) is 0 Å². The minimum Gasteiger partial charge on any atom is -0.395 e. The van der Waals surface area contributed by atoms with Gasteiger partial charge in [-0.25, -0.2) is 0 Å². The Bertz CT molecular complexity index is 108. The van der Waals surface area contributed by atoms with E-state index in [1.54, 1.807) is 0 Å². The molecule has 1 atom stereocenters. The second-order valence-corrected chi connectivity index (χ2v) is 2.92. The second kappa shape index (κ2) is 4.66. The lowest BCUT2D eigenvalue weighted by molar-refractivity contribution is 0.151. The van der Waals surface area contributed by atoms with Gasteiger partial charge in [-0.15, -0.1) is 0 Å². The van der Waals surface area contributed by atoms with Crippen LogP contribution in [0.2, 0.25) is 0 Å². The summed E-state index contributed by atoms with van der Waals surface area (Å²) in [5, 5.41) is 12.1. The number of rotatable bonds is 3. The molecule has 1 saturated heterocycles. The van der Waals surface area contributed by atoms with Gasteiger partial charge in [-0.3, -0.25) is 4.90 Å². The van der Waals surface area contributed by atoms with Gasteiger partial charge in [-0.2, -0.15) is 0 Å². The predicted octanol–water partition coefficient (Wildman–Crippen LogP) is -1.79. The number of aliphatic hydroxyl groups excluding tert-OH is 1. The van der Waals surface area contributed by atoms with Crippen molar-refractivity contribution in [3.05, 3.63) is 0 Å². The molecule has 0 amide bonds. The molecule has 0 aromatic carbocycles. The summed E-state index contributed by atoms with van der Waals surface area (Å²) >= 11 is 0. The number of nitrogens with two attached hydrogens (primary N) is 1. The molecule has 0 bridgehead atoms. The van der Waals surface area contributed by atoms with E-state index < -0.39 is 0 Å². The minimum atomic E-state index is 0.223. The molecule has 1 fully saturated rings. The molecule has 1 aliphatic heterocycles. The summed E-state index contributed by atoms with van der Waals surface area (Å²) in [6.45, 7) is 4.81. The van der Waals surface area contributed by atoms with Gasteiger partial charge in [0.2, 0.25) is 0 Å². The van der Waals surface area contributed by atoms with Crippen molar-refractivity contribution < 1.29 is 5.11 Å². The fourth-order valence-corrected chi connectivity index (χ4v) is 1.40. The van der Waals surface area contributed by atoms with E-state index in [0.717, 1.165) is 26.2 Å².